The van der Waals surface area contributed by atoms with Crippen molar-refractivity contribution in [1.82, 2.24) is 10.6 Å². The lowest BCUT2D eigenvalue weighted by atomic mass is 9.97. The molecule has 1 heterocycles. The van der Waals surface area contributed by atoms with Gasteiger partial charge in [-0.25, -0.2) is 4.79 Å². The predicted molar refractivity (Wildman–Crippen MR) is 106 cm³/mol. The quantitative estimate of drug-likeness (QED) is 0.634. The highest BCUT2D eigenvalue weighted by atomic mass is 32.1. The molecule has 0 saturated carbocycles. The maximum Gasteiger partial charge on any atom is 0.336 e. The zero-order valence-corrected chi connectivity index (χ0v) is 15.7. The SMILES string of the molecule is CC1=C(C(=O)OCc2ccccc2)CC(c2cccc(C)c2)NC(=S)N1. The van der Waals surface area contributed by atoms with E-state index in [-0.39, 0.29) is 18.6 Å². The van der Waals surface area contributed by atoms with Crippen LogP contribution in [-0.4, -0.2) is 11.1 Å². The Kier molecular flexibility index (Phi) is 5.68. The minimum Gasteiger partial charge on any atom is -0.457 e. The summed E-state index contributed by atoms with van der Waals surface area (Å²) < 4.78 is 5.53. The second kappa shape index (κ2) is 8.15. The van der Waals surface area contributed by atoms with Crippen molar-refractivity contribution in [3.05, 3.63) is 82.6 Å². The average Bonchev–Trinajstić information content (AvgIpc) is 2.78. The lowest BCUT2D eigenvalue weighted by Gasteiger charge is -2.19. The average molecular weight is 366 g/mol. The van der Waals surface area contributed by atoms with Crippen molar-refractivity contribution in [3.8, 4) is 0 Å². The van der Waals surface area contributed by atoms with Gasteiger partial charge in [0.1, 0.15) is 6.61 Å². The summed E-state index contributed by atoms with van der Waals surface area (Å²) >= 11 is 5.35. The molecule has 0 fully saturated rings. The van der Waals surface area contributed by atoms with E-state index in [9.17, 15) is 4.79 Å². The molecule has 2 N–H and O–H groups in total. The summed E-state index contributed by atoms with van der Waals surface area (Å²) in [5.74, 6) is -0.317. The minimum absolute atomic E-state index is 0.0772. The molecule has 0 radical (unpaired) electrons. The lowest BCUT2D eigenvalue weighted by molar-refractivity contribution is -0.140. The number of allylic oxidation sites excluding steroid dienone is 1. The molecule has 0 aliphatic carbocycles. The first-order valence-corrected chi connectivity index (χ1v) is 8.98. The lowest BCUT2D eigenvalue weighted by Crippen LogP contribution is -2.34. The third-order valence-corrected chi connectivity index (χ3v) is 4.59. The number of thiocarbonyl (C=S) groups is 1. The van der Waals surface area contributed by atoms with E-state index in [1.54, 1.807) is 0 Å². The highest BCUT2D eigenvalue weighted by molar-refractivity contribution is 7.80. The largest absolute Gasteiger partial charge is 0.457 e. The van der Waals surface area contributed by atoms with Gasteiger partial charge in [-0.3, -0.25) is 0 Å². The van der Waals surface area contributed by atoms with Gasteiger partial charge in [0.15, 0.2) is 5.11 Å². The number of esters is 1. The first kappa shape index (κ1) is 18.1. The number of hydrogen-bond acceptors (Lipinski definition) is 3. The zero-order chi connectivity index (χ0) is 18.5. The van der Waals surface area contributed by atoms with Gasteiger partial charge < -0.3 is 15.4 Å². The number of carbonyl (C=O) groups is 1. The number of nitrogens with one attached hydrogen (secondary N) is 2. The van der Waals surface area contributed by atoms with Gasteiger partial charge in [0.2, 0.25) is 0 Å². The van der Waals surface area contributed by atoms with E-state index in [1.807, 2.05) is 62.4 Å². The van der Waals surface area contributed by atoms with Crippen LogP contribution < -0.4 is 10.6 Å². The predicted octanol–water partition coefficient (Wildman–Crippen LogP) is 3.92. The van der Waals surface area contributed by atoms with E-state index < -0.39 is 0 Å². The van der Waals surface area contributed by atoms with Crippen LogP contribution in [0.5, 0.6) is 0 Å². The molecule has 2 aromatic rings. The van der Waals surface area contributed by atoms with Crippen molar-refractivity contribution >= 4 is 23.3 Å². The van der Waals surface area contributed by atoms with E-state index in [2.05, 4.69) is 16.7 Å². The highest BCUT2D eigenvalue weighted by Gasteiger charge is 2.25. The smallest absolute Gasteiger partial charge is 0.336 e. The van der Waals surface area contributed by atoms with Crippen LogP contribution in [0.1, 0.15) is 36.1 Å². The Morgan fingerprint density at radius 3 is 2.65 bits per heavy atom. The molecule has 0 amide bonds. The third-order valence-electron chi connectivity index (χ3n) is 4.37. The van der Waals surface area contributed by atoms with E-state index in [0.29, 0.717) is 17.1 Å². The van der Waals surface area contributed by atoms with Crippen molar-refractivity contribution in [2.45, 2.75) is 32.9 Å². The number of benzene rings is 2. The number of hydrogen-bond donors (Lipinski definition) is 2. The van der Waals surface area contributed by atoms with Crippen LogP contribution in [-0.2, 0) is 16.1 Å². The maximum atomic E-state index is 12.7. The second-order valence-electron chi connectivity index (χ2n) is 6.43. The first-order chi connectivity index (χ1) is 12.5. The van der Waals surface area contributed by atoms with Crippen molar-refractivity contribution in [2.24, 2.45) is 0 Å². The van der Waals surface area contributed by atoms with Crippen LogP contribution in [0.2, 0.25) is 0 Å². The Bertz CT molecular complexity index is 846. The molecule has 0 aromatic heterocycles. The second-order valence-corrected chi connectivity index (χ2v) is 6.84. The topological polar surface area (TPSA) is 50.4 Å². The van der Waals surface area contributed by atoms with Crippen molar-refractivity contribution in [2.75, 3.05) is 0 Å². The first-order valence-electron chi connectivity index (χ1n) is 8.58. The molecule has 5 heteroatoms. The Hall–Kier alpha value is -2.66. The van der Waals surface area contributed by atoms with Crippen LogP contribution in [0.15, 0.2) is 65.9 Å². The summed E-state index contributed by atoms with van der Waals surface area (Å²) in [6.45, 7) is 4.15. The normalized spacial score (nSPS) is 17.2. The molecule has 26 heavy (non-hydrogen) atoms. The van der Waals surface area contributed by atoms with E-state index in [1.165, 1.54) is 5.56 Å². The summed E-state index contributed by atoms with van der Waals surface area (Å²) in [6, 6.07) is 17.8. The maximum absolute atomic E-state index is 12.7. The summed E-state index contributed by atoms with van der Waals surface area (Å²) in [7, 11) is 0. The molecule has 1 unspecified atom stereocenters. The van der Waals surface area contributed by atoms with Crippen LogP contribution in [0.25, 0.3) is 0 Å². The van der Waals surface area contributed by atoms with Gasteiger partial charge in [-0.1, -0.05) is 60.2 Å². The molecule has 0 bridgehead atoms. The molecule has 134 valence electrons. The molecule has 2 aromatic carbocycles. The third kappa shape index (κ3) is 4.49. The van der Waals surface area contributed by atoms with E-state index in [0.717, 1.165) is 16.8 Å². The van der Waals surface area contributed by atoms with Crippen molar-refractivity contribution < 1.29 is 9.53 Å². The Balaban J connectivity index is 1.78. The molecule has 0 spiro atoms. The fourth-order valence-electron chi connectivity index (χ4n) is 2.98. The van der Waals surface area contributed by atoms with E-state index >= 15 is 0 Å². The summed E-state index contributed by atoms with van der Waals surface area (Å²) in [4.78, 5) is 12.7. The van der Waals surface area contributed by atoms with Crippen LogP contribution >= 0.6 is 12.2 Å². The fraction of sp³-hybridized carbons (Fsp3) is 0.238. The van der Waals surface area contributed by atoms with Crippen molar-refractivity contribution in [3.63, 3.8) is 0 Å². The van der Waals surface area contributed by atoms with Gasteiger partial charge in [-0.2, -0.15) is 0 Å². The Morgan fingerprint density at radius 2 is 1.92 bits per heavy atom. The van der Waals surface area contributed by atoms with Gasteiger partial charge in [-0.05, 0) is 37.2 Å². The summed E-state index contributed by atoms with van der Waals surface area (Å²) in [5.41, 5.74) is 4.57. The van der Waals surface area contributed by atoms with Crippen LogP contribution in [0.4, 0.5) is 0 Å². The molecule has 3 rings (SSSR count). The van der Waals surface area contributed by atoms with Gasteiger partial charge in [0.25, 0.3) is 0 Å². The molecule has 1 atom stereocenters. The standard InChI is InChI=1S/C21H22N2O2S/c1-14-7-6-10-17(11-14)19-12-18(15(2)22-21(26)23-19)20(24)25-13-16-8-4-3-5-9-16/h3-11,19H,12-13H2,1-2H3,(H2,22,23,26). The van der Waals surface area contributed by atoms with Gasteiger partial charge in [0.05, 0.1) is 11.6 Å². The van der Waals surface area contributed by atoms with Crippen molar-refractivity contribution in [1.29, 1.82) is 0 Å². The summed E-state index contributed by atoms with van der Waals surface area (Å²) in [5, 5.41) is 6.88. The highest BCUT2D eigenvalue weighted by Crippen LogP contribution is 2.26. The molecular formula is C21H22N2O2S. The molecular weight excluding hydrogens is 344 g/mol. The number of rotatable bonds is 4. The van der Waals surface area contributed by atoms with Gasteiger partial charge in [0, 0.05) is 12.1 Å². The number of aryl methyl sites for hydroxylation is 1. The van der Waals surface area contributed by atoms with E-state index in [4.69, 9.17) is 17.0 Å². The van der Waals surface area contributed by atoms with Gasteiger partial charge >= 0.3 is 5.97 Å². The van der Waals surface area contributed by atoms with Crippen LogP contribution in [0.3, 0.4) is 0 Å². The molecule has 4 nitrogen and oxygen atoms in total. The summed E-state index contributed by atoms with van der Waals surface area (Å²) in [6.07, 6.45) is 0.510. The minimum atomic E-state index is -0.317. The number of ether oxygens (including phenoxy) is 1. The fourth-order valence-corrected chi connectivity index (χ4v) is 3.28. The monoisotopic (exact) mass is 366 g/mol. The number of carbonyl (C=O) groups excluding carboxylic acids is 1. The zero-order valence-electron chi connectivity index (χ0n) is 14.9. The Labute approximate surface area is 159 Å². The molecule has 1 aliphatic heterocycles. The molecule has 1 aliphatic rings. The van der Waals surface area contributed by atoms with Gasteiger partial charge in [-0.15, -0.1) is 0 Å². The molecule has 0 saturated heterocycles. The van der Waals surface area contributed by atoms with Crippen LogP contribution in [0, 0.1) is 6.92 Å². The Morgan fingerprint density at radius 1 is 1.15 bits per heavy atom.